The highest BCUT2D eigenvalue weighted by Crippen LogP contribution is 2.32. The van der Waals surface area contributed by atoms with E-state index in [0.29, 0.717) is 24.0 Å². The normalized spacial score (nSPS) is 19.4. The van der Waals surface area contributed by atoms with Gasteiger partial charge in [-0.05, 0) is 31.4 Å². The van der Waals surface area contributed by atoms with E-state index in [1.165, 1.54) is 6.20 Å². The van der Waals surface area contributed by atoms with E-state index in [1.807, 2.05) is 6.92 Å². The van der Waals surface area contributed by atoms with Crippen LogP contribution in [0.4, 0.5) is 13.2 Å². The second-order valence-electron chi connectivity index (χ2n) is 8.42. The number of fused-ring (bicyclic) bond motifs is 1. The van der Waals surface area contributed by atoms with Crippen LogP contribution in [-0.4, -0.2) is 58.5 Å². The van der Waals surface area contributed by atoms with E-state index in [-0.39, 0.29) is 35.8 Å². The van der Waals surface area contributed by atoms with Crippen molar-refractivity contribution in [3.05, 3.63) is 59.7 Å². The van der Waals surface area contributed by atoms with Gasteiger partial charge in [-0.3, -0.25) is 9.20 Å². The predicted molar refractivity (Wildman–Crippen MR) is 117 cm³/mol. The Labute approximate surface area is 194 Å². The molecule has 4 rings (SSSR count). The van der Waals surface area contributed by atoms with Gasteiger partial charge < -0.3 is 9.64 Å². The van der Waals surface area contributed by atoms with E-state index in [9.17, 15) is 26.4 Å². The quantitative estimate of drug-likeness (QED) is 0.538. The largest absolute Gasteiger partial charge is 0.470 e. The molecule has 0 unspecified atom stereocenters. The molecule has 1 saturated heterocycles. The van der Waals surface area contributed by atoms with Gasteiger partial charge in [0.1, 0.15) is 11.8 Å². The van der Waals surface area contributed by atoms with Gasteiger partial charge in [-0.15, -0.1) is 0 Å². The van der Waals surface area contributed by atoms with Crippen molar-refractivity contribution in [3.8, 4) is 5.88 Å². The van der Waals surface area contributed by atoms with Crippen molar-refractivity contribution in [2.45, 2.75) is 43.8 Å². The molecule has 8 nitrogen and oxygen atoms in total. The first-order chi connectivity index (χ1) is 15.9. The maximum atomic E-state index is 13.4. The highest BCUT2D eigenvalue weighted by Gasteiger charge is 2.36. The van der Waals surface area contributed by atoms with Crippen molar-refractivity contribution < 1.29 is 31.1 Å². The van der Waals surface area contributed by atoms with Gasteiger partial charge in [0.25, 0.3) is 11.8 Å². The second-order valence-corrected chi connectivity index (χ2v) is 10.6. The lowest BCUT2D eigenvalue weighted by Crippen LogP contribution is -2.49. The molecule has 3 aromatic rings. The van der Waals surface area contributed by atoms with E-state index in [4.69, 9.17) is 4.74 Å². The molecular formula is C22H23F3N4O4S. The SMILES string of the molecule is C[C@@H]1CC[C@@H](Oc2nccn3c(C(F)(F)F)cnc23)CN1C(=O)c1ccccc1CS(C)(=O)=O. The molecule has 0 bridgehead atoms. The van der Waals surface area contributed by atoms with Gasteiger partial charge in [0.05, 0.1) is 18.5 Å². The monoisotopic (exact) mass is 496 g/mol. The first kappa shape index (κ1) is 24.0. The number of amides is 1. The topological polar surface area (TPSA) is 93.9 Å². The predicted octanol–water partition coefficient (Wildman–Crippen LogP) is 3.36. The van der Waals surface area contributed by atoms with E-state index in [0.717, 1.165) is 23.1 Å². The van der Waals surface area contributed by atoms with Crippen LogP contribution in [0.15, 0.2) is 42.9 Å². The summed E-state index contributed by atoms with van der Waals surface area (Å²) in [7, 11) is -3.35. The number of imidazole rings is 1. The number of benzene rings is 1. The molecule has 1 fully saturated rings. The van der Waals surface area contributed by atoms with E-state index in [1.54, 1.807) is 29.2 Å². The number of alkyl halides is 3. The van der Waals surface area contributed by atoms with Crippen molar-refractivity contribution >= 4 is 21.4 Å². The summed E-state index contributed by atoms with van der Waals surface area (Å²) < 4.78 is 70.1. The highest BCUT2D eigenvalue weighted by molar-refractivity contribution is 7.89. The molecule has 182 valence electrons. The van der Waals surface area contributed by atoms with Crippen molar-refractivity contribution in [1.82, 2.24) is 19.3 Å². The van der Waals surface area contributed by atoms with Crippen LogP contribution < -0.4 is 4.74 Å². The Morgan fingerprint density at radius 2 is 1.94 bits per heavy atom. The number of halogens is 3. The van der Waals surface area contributed by atoms with Crippen LogP contribution in [-0.2, 0) is 21.8 Å². The molecule has 1 aromatic carbocycles. The molecule has 2 atom stereocenters. The van der Waals surface area contributed by atoms with Crippen LogP contribution in [0.25, 0.3) is 5.65 Å². The van der Waals surface area contributed by atoms with Crippen molar-refractivity contribution in [1.29, 1.82) is 0 Å². The van der Waals surface area contributed by atoms with Crippen LogP contribution in [0.5, 0.6) is 5.88 Å². The third-order valence-corrected chi connectivity index (χ3v) is 6.56. The van der Waals surface area contributed by atoms with E-state index in [2.05, 4.69) is 9.97 Å². The van der Waals surface area contributed by atoms with Crippen LogP contribution in [0.3, 0.4) is 0 Å². The van der Waals surface area contributed by atoms with Crippen LogP contribution in [0.2, 0.25) is 0 Å². The van der Waals surface area contributed by atoms with Gasteiger partial charge in [-0.1, -0.05) is 18.2 Å². The number of aromatic nitrogens is 3. The maximum absolute atomic E-state index is 13.4. The fourth-order valence-electron chi connectivity index (χ4n) is 4.09. The van der Waals surface area contributed by atoms with Crippen LogP contribution in [0.1, 0.15) is 41.4 Å². The molecule has 0 saturated carbocycles. The minimum absolute atomic E-state index is 0.0533. The molecule has 0 N–H and O–H groups in total. The molecule has 0 aliphatic carbocycles. The number of carbonyl (C=O) groups excluding carboxylic acids is 1. The molecule has 3 heterocycles. The Bertz CT molecular complexity index is 1320. The van der Waals surface area contributed by atoms with Gasteiger partial charge in [-0.25, -0.2) is 18.4 Å². The lowest BCUT2D eigenvalue weighted by atomic mass is 9.99. The van der Waals surface area contributed by atoms with Crippen molar-refractivity contribution in [2.24, 2.45) is 0 Å². The molecule has 2 aromatic heterocycles. The first-order valence-corrected chi connectivity index (χ1v) is 12.6. The Morgan fingerprint density at radius 3 is 2.65 bits per heavy atom. The summed E-state index contributed by atoms with van der Waals surface area (Å²) in [6, 6.07) is 6.41. The lowest BCUT2D eigenvalue weighted by Gasteiger charge is -2.38. The summed E-state index contributed by atoms with van der Waals surface area (Å²) in [5.74, 6) is -0.640. The van der Waals surface area contributed by atoms with Gasteiger partial charge in [0.15, 0.2) is 9.84 Å². The summed E-state index contributed by atoms with van der Waals surface area (Å²) in [5.41, 5.74) is -0.298. The number of ether oxygens (including phenoxy) is 1. The number of likely N-dealkylation sites (tertiary alicyclic amines) is 1. The minimum Gasteiger partial charge on any atom is -0.470 e. The summed E-state index contributed by atoms with van der Waals surface area (Å²) >= 11 is 0. The fourth-order valence-corrected chi connectivity index (χ4v) is 4.91. The number of piperidine rings is 1. The molecule has 1 aliphatic rings. The number of hydrogen-bond acceptors (Lipinski definition) is 6. The highest BCUT2D eigenvalue weighted by atomic mass is 32.2. The Balaban J connectivity index is 1.57. The molecule has 1 aliphatic heterocycles. The minimum atomic E-state index is -4.58. The van der Waals surface area contributed by atoms with E-state index >= 15 is 0 Å². The van der Waals surface area contributed by atoms with Gasteiger partial charge in [0, 0.05) is 30.3 Å². The van der Waals surface area contributed by atoms with Gasteiger partial charge in [-0.2, -0.15) is 13.2 Å². The van der Waals surface area contributed by atoms with Gasteiger partial charge in [0.2, 0.25) is 5.65 Å². The van der Waals surface area contributed by atoms with Crippen molar-refractivity contribution in [3.63, 3.8) is 0 Å². The molecule has 0 spiro atoms. The average molecular weight is 497 g/mol. The lowest BCUT2D eigenvalue weighted by molar-refractivity contribution is -0.141. The van der Waals surface area contributed by atoms with Gasteiger partial charge >= 0.3 is 6.18 Å². The number of nitrogens with zero attached hydrogens (tertiary/aromatic N) is 4. The third-order valence-electron chi connectivity index (χ3n) is 5.73. The smallest absolute Gasteiger partial charge is 0.433 e. The molecular weight excluding hydrogens is 473 g/mol. The summed E-state index contributed by atoms with van der Waals surface area (Å²) in [6.07, 6.45) is 0.246. The number of rotatable bonds is 5. The zero-order valence-corrected chi connectivity index (χ0v) is 19.3. The first-order valence-electron chi connectivity index (χ1n) is 10.6. The average Bonchev–Trinajstić information content (AvgIpc) is 3.20. The van der Waals surface area contributed by atoms with E-state index < -0.39 is 27.8 Å². The Morgan fingerprint density at radius 1 is 1.21 bits per heavy atom. The number of sulfone groups is 1. The molecule has 0 radical (unpaired) electrons. The second kappa shape index (κ2) is 8.90. The summed E-state index contributed by atoms with van der Waals surface area (Å²) in [4.78, 5) is 22.8. The summed E-state index contributed by atoms with van der Waals surface area (Å²) in [5, 5.41) is 0. The standard InChI is InChI=1S/C22H23F3N4O4S/c1-14-7-8-16(33-20-19-27-11-18(22(23,24)25)28(19)10-9-26-20)12-29(14)21(30)17-6-4-3-5-15(17)13-34(2,31)32/h3-6,9-11,14,16H,7-8,12-13H2,1-2H3/t14-,16-/m1/s1. The molecule has 1 amide bonds. The number of hydrogen-bond donors (Lipinski definition) is 0. The van der Waals surface area contributed by atoms with Crippen LogP contribution in [0, 0.1) is 0 Å². The summed E-state index contributed by atoms with van der Waals surface area (Å²) in [6.45, 7) is 2.05. The Hall–Kier alpha value is -3.15. The molecule has 34 heavy (non-hydrogen) atoms. The zero-order valence-electron chi connectivity index (χ0n) is 18.5. The molecule has 12 heteroatoms. The Kier molecular flexibility index (Phi) is 6.28. The fraction of sp³-hybridized carbons (Fsp3) is 0.409. The third kappa shape index (κ3) is 5.01. The maximum Gasteiger partial charge on any atom is 0.433 e. The van der Waals surface area contributed by atoms with Crippen LogP contribution >= 0.6 is 0 Å². The zero-order chi connectivity index (χ0) is 24.7. The van der Waals surface area contributed by atoms with Crippen molar-refractivity contribution in [2.75, 3.05) is 12.8 Å². The number of carbonyl (C=O) groups is 1.